The van der Waals surface area contributed by atoms with Crippen LogP contribution in [0.25, 0.3) is 0 Å². The zero-order valence-corrected chi connectivity index (χ0v) is 9.20. The van der Waals surface area contributed by atoms with Crippen LogP contribution in [0, 0.1) is 0 Å². The minimum Gasteiger partial charge on any atom is -0.340 e. The van der Waals surface area contributed by atoms with E-state index in [9.17, 15) is 4.79 Å². The second-order valence-electron chi connectivity index (χ2n) is 4.00. The summed E-state index contributed by atoms with van der Waals surface area (Å²) in [4.78, 5) is 15.9. The topological polar surface area (TPSA) is 49.6 Å². The van der Waals surface area contributed by atoms with Crippen LogP contribution in [0.2, 0.25) is 0 Å². The van der Waals surface area contributed by atoms with Crippen LogP contribution in [0.5, 0.6) is 0 Å². The molecule has 0 saturated carbocycles. The molecule has 0 aromatic rings. The summed E-state index contributed by atoms with van der Waals surface area (Å²) in [5.74, 6) is 0.114. The van der Waals surface area contributed by atoms with Crippen molar-refractivity contribution in [1.82, 2.24) is 9.80 Å². The average molecular weight is 199 g/mol. The number of nitrogens with zero attached hydrogens (tertiary/aromatic N) is 2. The fourth-order valence-electron chi connectivity index (χ4n) is 1.68. The van der Waals surface area contributed by atoms with E-state index in [4.69, 9.17) is 5.73 Å². The maximum absolute atomic E-state index is 11.8. The summed E-state index contributed by atoms with van der Waals surface area (Å²) in [5.41, 5.74) is 5.73. The van der Waals surface area contributed by atoms with Crippen LogP contribution in [0.4, 0.5) is 0 Å². The van der Waals surface area contributed by atoms with Gasteiger partial charge in [0.1, 0.15) is 0 Å². The number of nitrogens with two attached hydrogens (primary N) is 1. The molecular weight excluding hydrogens is 178 g/mol. The van der Waals surface area contributed by atoms with Crippen molar-refractivity contribution in [3.05, 3.63) is 0 Å². The Hall–Kier alpha value is -0.610. The maximum Gasteiger partial charge on any atom is 0.239 e. The summed E-state index contributed by atoms with van der Waals surface area (Å²) < 4.78 is 0. The summed E-state index contributed by atoms with van der Waals surface area (Å²) in [6.45, 7) is 5.67. The number of hydrogen-bond acceptors (Lipinski definition) is 3. The first kappa shape index (κ1) is 11.5. The van der Waals surface area contributed by atoms with E-state index >= 15 is 0 Å². The Labute approximate surface area is 86.0 Å². The Bertz CT molecular complexity index is 196. The van der Waals surface area contributed by atoms with E-state index in [-0.39, 0.29) is 11.9 Å². The SMILES string of the molecule is CCC(N)C(=O)N1CCCN(C)CC1. The molecule has 1 aliphatic rings. The molecule has 1 saturated heterocycles. The van der Waals surface area contributed by atoms with Crippen molar-refractivity contribution in [2.75, 3.05) is 33.2 Å². The molecule has 4 heteroatoms. The lowest BCUT2D eigenvalue weighted by Crippen LogP contribution is -2.44. The highest BCUT2D eigenvalue weighted by molar-refractivity contribution is 5.81. The Morgan fingerprint density at radius 3 is 2.71 bits per heavy atom. The molecular formula is C10H21N3O. The van der Waals surface area contributed by atoms with Crippen LogP contribution in [0.3, 0.4) is 0 Å². The molecule has 2 N–H and O–H groups in total. The number of carbonyl (C=O) groups is 1. The van der Waals surface area contributed by atoms with Gasteiger partial charge in [-0.1, -0.05) is 6.92 Å². The van der Waals surface area contributed by atoms with Gasteiger partial charge >= 0.3 is 0 Å². The molecule has 1 amide bonds. The third-order valence-corrected chi connectivity index (χ3v) is 2.79. The smallest absolute Gasteiger partial charge is 0.239 e. The van der Waals surface area contributed by atoms with Gasteiger partial charge in [-0.3, -0.25) is 4.79 Å². The van der Waals surface area contributed by atoms with E-state index in [1.807, 2.05) is 11.8 Å². The first-order valence-corrected chi connectivity index (χ1v) is 5.38. The van der Waals surface area contributed by atoms with E-state index in [1.54, 1.807) is 0 Å². The molecule has 0 aliphatic carbocycles. The number of likely N-dealkylation sites (N-methyl/N-ethyl adjacent to an activating group) is 1. The Morgan fingerprint density at radius 2 is 2.07 bits per heavy atom. The largest absolute Gasteiger partial charge is 0.340 e. The first-order chi connectivity index (χ1) is 6.65. The highest BCUT2D eigenvalue weighted by Crippen LogP contribution is 2.03. The van der Waals surface area contributed by atoms with Gasteiger partial charge in [-0.05, 0) is 26.4 Å². The van der Waals surface area contributed by atoms with E-state index in [1.165, 1.54) is 0 Å². The fourth-order valence-corrected chi connectivity index (χ4v) is 1.68. The van der Waals surface area contributed by atoms with Gasteiger partial charge in [0, 0.05) is 19.6 Å². The summed E-state index contributed by atoms with van der Waals surface area (Å²) in [6, 6.07) is -0.307. The van der Waals surface area contributed by atoms with Crippen molar-refractivity contribution in [2.45, 2.75) is 25.8 Å². The molecule has 1 unspecified atom stereocenters. The molecule has 1 aliphatic heterocycles. The van der Waals surface area contributed by atoms with Crippen LogP contribution in [-0.2, 0) is 4.79 Å². The second kappa shape index (κ2) is 5.32. The summed E-state index contributed by atoms with van der Waals surface area (Å²) in [7, 11) is 2.09. The van der Waals surface area contributed by atoms with Crippen LogP contribution >= 0.6 is 0 Å². The standard InChI is InChI=1S/C10H21N3O/c1-3-9(11)10(14)13-6-4-5-12(2)7-8-13/h9H,3-8,11H2,1-2H3. The van der Waals surface area contributed by atoms with Gasteiger partial charge in [-0.15, -0.1) is 0 Å². The van der Waals surface area contributed by atoms with Gasteiger partial charge in [-0.2, -0.15) is 0 Å². The Kier molecular flexibility index (Phi) is 4.35. The maximum atomic E-state index is 11.8. The molecule has 82 valence electrons. The summed E-state index contributed by atoms with van der Waals surface area (Å²) in [5, 5.41) is 0. The van der Waals surface area contributed by atoms with Crippen molar-refractivity contribution in [2.24, 2.45) is 5.73 Å². The fraction of sp³-hybridized carbons (Fsp3) is 0.900. The lowest BCUT2D eigenvalue weighted by atomic mass is 10.2. The Morgan fingerprint density at radius 1 is 1.36 bits per heavy atom. The molecule has 0 aromatic heterocycles. The van der Waals surface area contributed by atoms with Crippen LogP contribution in [-0.4, -0.2) is 55.0 Å². The van der Waals surface area contributed by atoms with Crippen molar-refractivity contribution in [3.8, 4) is 0 Å². The predicted octanol–water partition coefficient (Wildman–Crippen LogP) is -0.112. The van der Waals surface area contributed by atoms with Gasteiger partial charge in [0.05, 0.1) is 6.04 Å². The van der Waals surface area contributed by atoms with Gasteiger partial charge in [0.2, 0.25) is 5.91 Å². The van der Waals surface area contributed by atoms with Crippen molar-refractivity contribution in [1.29, 1.82) is 0 Å². The first-order valence-electron chi connectivity index (χ1n) is 5.38. The zero-order valence-electron chi connectivity index (χ0n) is 9.20. The van der Waals surface area contributed by atoms with E-state index in [0.29, 0.717) is 0 Å². The van der Waals surface area contributed by atoms with Crippen LogP contribution in [0.1, 0.15) is 19.8 Å². The monoisotopic (exact) mass is 199 g/mol. The summed E-state index contributed by atoms with van der Waals surface area (Å²) in [6.07, 6.45) is 1.78. The molecule has 0 bridgehead atoms. The van der Waals surface area contributed by atoms with Crippen molar-refractivity contribution < 1.29 is 4.79 Å². The predicted molar refractivity (Wildman–Crippen MR) is 57.0 cm³/mol. The average Bonchev–Trinajstić information content (AvgIpc) is 2.40. The zero-order chi connectivity index (χ0) is 10.6. The molecule has 0 radical (unpaired) electrons. The normalized spacial score (nSPS) is 21.8. The molecule has 4 nitrogen and oxygen atoms in total. The number of amides is 1. The lowest BCUT2D eigenvalue weighted by molar-refractivity contribution is -0.132. The number of rotatable bonds is 2. The van der Waals surface area contributed by atoms with Crippen LogP contribution in [0.15, 0.2) is 0 Å². The third kappa shape index (κ3) is 2.96. The molecule has 0 spiro atoms. The van der Waals surface area contributed by atoms with Crippen molar-refractivity contribution in [3.63, 3.8) is 0 Å². The number of carbonyl (C=O) groups excluding carboxylic acids is 1. The van der Waals surface area contributed by atoms with E-state index in [0.717, 1.165) is 39.0 Å². The molecule has 0 aromatic carbocycles. The van der Waals surface area contributed by atoms with Gasteiger partial charge in [-0.25, -0.2) is 0 Å². The molecule has 1 heterocycles. The highest BCUT2D eigenvalue weighted by atomic mass is 16.2. The van der Waals surface area contributed by atoms with E-state index < -0.39 is 0 Å². The van der Waals surface area contributed by atoms with E-state index in [2.05, 4.69) is 11.9 Å². The summed E-state index contributed by atoms with van der Waals surface area (Å²) >= 11 is 0. The second-order valence-corrected chi connectivity index (χ2v) is 4.00. The van der Waals surface area contributed by atoms with Gasteiger partial charge < -0.3 is 15.5 Å². The minimum absolute atomic E-state index is 0.114. The van der Waals surface area contributed by atoms with Gasteiger partial charge in [0.15, 0.2) is 0 Å². The minimum atomic E-state index is -0.307. The van der Waals surface area contributed by atoms with Gasteiger partial charge in [0.25, 0.3) is 0 Å². The lowest BCUT2D eigenvalue weighted by Gasteiger charge is -2.23. The highest BCUT2D eigenvalue weighted by Gasteiger charge is 2.21. The number of hydrogen-bond donors (Lipinski definition) is 1. The van der Waals surface area contributed by atoms with Crippen molar-refractivity contribution >= 4 is 5.91 Å². The van der Waals surface area contributed by atoms with Crippen LogP contribution < -0.4 is 5.73 Å². The third-order valence-electron chi connectivity index (χ3n) is 2.79. The quantitative estimate of drug-likeness (QED) is 0.675. The molecule has 14 heavy (non-hydrogen) atoms. The molecule has 1 rings (SSSR count). The molecule has 1 atom stereocenters. The molecule has 1 fully saturated rings. The Balaban J connectivity index is 2.47.